The first-order valence-electron chi connectivity index (χ1n) is 5.66. The van der Waals surface area contributed by atoms with Gasteiger partial charge in [-0.05, 0) is 11.3 Å². The first-order chi connectivity index (χ1) is 7.77. The van der Waals surface area contributed by atoms with Gasteiger partial charge in [-0.1, -0.05) is 27.7 Å². The summed E-state index contributed by atoms with van der Waals surface area (Å²) in [4.78, 5) is 15.3. The number of nitrogens with two attached hydrogens (primary N) is 1. The number of nitrogen functional groups attached to an aromatic ring is 1. The number of hydrogen-bond acceptors (Lipinski definition) is 4. The molecular formula is C12H21N3O2. The molecule has 0 aliphatic carbocycles. The number of ether oxygens (including phenoxy) is 1. The third-order valence-corrected chi connectivity index (χ3v) is 3.21. The van der Waals surface area contributed by atoms with E-state index < -0.39 is 5.97 Å². The van der Waals surface area contributed by atoms with E-state index in [0.717, 1.165) is 6.54 Å². The Morgan fingerprint density at radius 1 is 1.59 bits per heavy atom. The smallest absolute Gasteiger partial charge is 0.360 e. The van der Waals surface area contributed by atoms with Crippen LogP contribution < -0.4 is 5.73 Å². The fourth-order valence-electron chi connectivity index (χ4n) is 1.36. The standard InChI is InChI=1S/C12H21N3O2/c1-8(12(2,3)4)6-15-7-14-9(10(15)13)11(16)17-5/h7-8H,6,13H2,1-5H3. The van der Waals surface area contributed by atoms with E-state index >= 15 is 0 Å². The maximum atomic E-state index is 11.4. The maximum absolute atomic E-state index is 11.4. The zero-order valence-electron chi connectivity index (χ0n) is 11.2. The van der Waals surface area contributed by atoms with E-state index in [1.807, 2.05) is 0 Å². The van der Waals surface area contributed by atoms with Crippen LogP contribution in [0.2, 0.25) is 0 Å². The van der Waals surface area contributed by atoms with Crippen LogP contribution in [-0.4, -0.2) is 22.6 Å². The van der Waals surface area contributed by atoms with Crippen molar-refractivity contribution in [2.75, 3.05) is 12.8 Å². The second-order valence-electron chi connectivity index (χ2n) is 5.39. The number of nitrogens with zero attached hydrogens (tertiary/aromatic N) is 2. The van der Waals surface area contributed by atoms with Gasteiger partial charge in [0.1, 0.15) is 5.82 Å². The number of hydrogen-bond donors (Lipinski definition) is 1. The summed E-state index contributed by atoms with van der Waals surface area (Å²) in [5.74, 6) is 0.294. The lowest BCUT2D eigenvalue weighted by atomic mass is 9.82. The highest BCUT2D eigenvalue weighted by Crippen LogP contribution is 2.27. The molecular weight excluding hydrogens is 218 g/mol. The molecule has 17 heavy (non-hydrogen) atoms. The Morgan fingerprint density at radius 2 is 2.18 bits per heavy atom. The van der Waals surface area contributed by atoms with E-state index in [1.165, 1.54) is 7.11 Å². The molecule has 0 fully saturated rings. The van der Waals surface area contributed by atoms with E-state index in [1.54, 1.807) is 10.9 Å². The lowest BCUT2D eigenvalue weighted by Crippen LogP contribution is -2.23. The number of imidazole rings is 1. The van der Waals surface area contributed by atoms with Gasteiger partial charge < -0.3 is 15.0 Å². The van der Waals surface area contributed by atoms with Crippen molar-refractivity contribution in [3.63, 3.8) is 0 Å². The topological polar surface area (TPSA) is 70.1 Å². The van der Waals surface area contributed by atoms with E-state index in [2.05, 4.69) is 37.4 Å². The van der Waals surface area contributed by atoms with E-state index in [-0.39, 0.29) is 11.1 Å². The van der Waals surface area contributed by atoms with Gasteiger partial charge in [0.25, 0.3) is 0 Å². The molecule has 0 aliphatic rings. The lowest BCUT2D eigenvalue weighted by molar-refractivity contribution is 0.0596. The monoisotopic (exact) mass is 239 g/mol. The zero-order chi connectivity index (χ0) is 13.2. The summed E-state index contributed by atoms with van der Waals surface area (Å²) in [6.07, 6.45) is 1.59. The van der Waals surface area contributed by atoms with Crippen molar-refractivity contribution in [3.8, 4) is 0 Å². The predicted molar refractivity (Wildman–Crippen MR) is 66.6 cm³/mol. The van der Waals surface area contributed by atoms with Gasteiger partial charge in [0.15, 0.2) is 5.69 Å². The largest absolute Gasteiger partial charge is 0.464 e. The minimum atomic E-state index is -0.496. The summed E-state index contributed by atoms with van der Waals surface area (Å²) in [5.41, 5.74) is 6.24. The van der Waals surface area contributed by atoms with Crippen LogP contribution >= 0.6 is 0 Å². The van der Waals surface area contributed by atoms with Crippen LogP contribution in [0.4, 0.5) is 5.82 Å². The molecule has 0 radical (unpaired) electrons. The molecule has 0 aliphatic heterocycles. The van der Waals surface area contributed by atoms with Gasteiger partial charge in [0.05, 0.1) is 13.4 Å². The summed E-state index contributed by atoms with van der Waals surface area (Å²) in [5, 5.41) is 0. The van der Waals surface area contributed by atoms with Crippen LogP contribution in [0.3, 0.4) is 0 Å². The molecule has 2 N–H and O–H groups in total. The summed E-state index contributed by atoms with van der Waals surface area (Å²) in [6.45, 7) is 9.40. The number of aromatic nitrogens is 2. The Kier molecular flexibility index (Phi) is 3.80. The predicted octanol–water partition coefficient (Wildman–Crippen LogP) is 1.93. The van der Waals surface area contributed by atoms with Gasteiger partial charge >= 0.3 is 5.97 Å². The molecule has 0 saturated carbocycles. The van der Waals surface area contributed by atoms with Crippen molar-refractivity contribution >= 4 is 11.8 Å². The normalized spacial score (nSPS) is 13.5. The second kappa shape index (κ2) is 4.77. The summed E-state index contributed by atoms with van der Waals surface area (Å²) < 4.78 is 6.40. The maximum Gasteiger partial charge on any atom is 0.360 e. The Morgan fingerprint density at radius 3 is 2.65 bits per heavy atom. The number of carbonyl (C=O) groups is 1. The minimum Gasteiger partial charge on any atom is -0.464 e. The van der Waals surface area contributed by atoms with E-state index in [4.69, 9.17) is 5.73 Å². The molecule has 0 amide bonds. The summed E-state index contributed by atoms with van der Waals surface area (Å²) in [6, 6.07) is 0. The zero-order valence-corrected chi connectivity index (χ0v) is 11.2. The van der Waals surface area contributed by atoms with Crippen LogP contribution in [0.1, 0.15) is 38.2 Å². The van der Waals surface area contributed by atoms with Crippen LogP contribution in [0, 0.1) is 11.3 Å². The number of anilines is 1. The van der Waals surface area contributed by atoms with E-state index in [0.29, 0.717) is 11.7 Å². The fourth-order valence-corrected chi connectivity index (χ4v) is 1.36. The highest BCUT2D eigenvalue weighted by molar-refractivity contribution is 5.91. The highest BCUT2D eigenvalue weighted by Gasteiger charge is 2.23. The SMILES string of the molecule is COC(=O)c1ncn(CC(C)C(C)(C)C)c1N. The van der Waals surface area contributed by atoms with Crippen LogP contribution in [0.5, 0.6) is 0 Å². The molecule has 1 aromatic heterocycles. The quantitative estimate of drug-likeness (QED) is 0.818. The third kappa shape index (κ3) is 2.99. The van der Waals surface area contributed by atoms with Gasteiger partial charge in [-0.2, -0.15) is 0 Å². The molecule has 5 heteroatoms. The number of rotatable bonds is 3. The molecule has 0 spiro atoms. The van der Waals surface area contributed by atoms with Gasteiger partial charge in [-0.3, -0.25) is 0 Å². The summed E-state index contributed by atoms with van der Waals surface area (Å²) >= 11 is 0. The number of esters is 1. The third-order valence-electron chi connectivity index (χ3n) is 3.21. The molecule has 1 heterocycles. The van der Waals surface area contributed by atoms with Crippen LogP contribution in [-0.2, 0) is 11.3 Å². The molecule has 0 bridgehead atoms. The average molecular weight is 239 g/mol. The molecule has 0 aromatic carbocycles. The number of methoxy groups -OCH3 is 1. The van der Waals surface area contributed by atoms with Gasteiger partial charge in [-0.25, -0.2) is 9.78 Å². The van der Waals surface area contributed by atoms with Gasteiger partial charge in [0.2, 0.25) is 0 Å². The second-order valence-corrected chi connectivity index (χ2v) is 5.39. The van der Waals surface area contributed by atoms with Crippen molar-refractivity contribution in [3.05, 3.63) is 12.0 Å². The molecule has 1 unspecified atom stereocenters. The fraction of sp³-hybridized carbons (Fsp3) is 0.667. The van der Waals surface area contributed by atoms with Crippen LogP contribution in [0.15, 0.2) is 6.33 Å². The first-order valence-corrected chi connectivity index (χ1v) is 5.66. The minimum absolute atomic E-state index is 0.183. The van der Waals surface area contributed by atoms with E-state index in [9.17, 15) is 4.79 Å². The average Bonchev–Trinajstić information content (AvgIpc) is 2.58. The van der Waals surface area contributed by atoms with Gasteiger partial charge in [0, 0.05) is 6.54 Å². The molecule has 0 saturated heterocycles. The Hall–Kier alpha value is -1.52. The molecule has 1 rings (SSSR count). The van der Waals surface area contributed by atoms with Crippen LogP contribution in [0.25, 0.3) is 0 Å². The Bertz CT molecular complexity index is 404. The molecule has 1 atom stereocenters. The highest BCUT2D eigenvalue weighted by atomic mass is 16.5. The Labute approximate surface area is 102 Å². The Balaban J connectivity index is 2.88. The lowest BCUT2D eigenvalue weighted by Gasteiger charge is -2.27. The number of carbonyl (C=O) groups excluding carboxylic acids is 1. The first kappa shape index (κ1) is 13.5. The van der Waals surface area contributed by atoms with Crippen molar-refractivity contribution in [1.82, 2.24) is 9.55 Å². The van der Waals surface area contributed by atoms with Gasteiger partial charge in [-0.15, -0.1) is 0 Å². The van der Waals surface area contributed by atoms with Crippen molar-refractivity contribution in [1.29, 1.82) is 0 Å². The van der Waals surface area contributed by atoms with Crippen molar-refractivity contribution in [2.24, 2.45) is 11.3 Å². The molecule has 96 valence electrons. The summed E-state index contributed by atoms with van der Waals surface area (Å²) in [7, 11) is 1.32. The van der Waals surface area contributed by atoms with Crippen molar-refractivity contribution < 1.29 is 9.53 Å². The van der Waals surface area contributed by atoms with Crippen molar-refractivity contribution in [2.45, 2.75) is 34.2 Å². The molecule has 1 aromatic rings. The molecule has 5 nitrogen and oxygen atoms in total.